The zero-order valence-electron chi connectivity index (χ0n) is 13.9. The van der Waals surface area contributed by atoms with E-state index in [1.165, 1.54) is 5.56 Å². The minimum Gasteiger partial charge on any atom is -0.457 e. The minimum absolute atomic E-state index is 0.115. The zero-order valence-corrected chi connectivity index (χ0v) is 13.9. The summed E-state index contributed by atoms with van der Waals surface area (Å²) in [5, 5.41) is 11.3. The Bertz CT molecular complexity index is 1230. The second-order valence-corrected chi connectivity index (χ2v) is 6.38. The highest BCUT2D eigenvalue weighted by Crippen LogP contribution is 2.45. The van der Waals surface area contributed by atoms with Crippen molar-refractivity contribution in [3.05, 3.63) is 76.9 Å². The third kappa shape index (κ3) is 1.88. The van der Waals surface area contributed by atoms with E-state index in [-0.39, 0.29) is 5.57 Å². The van der Waals surface area contributed by atoms with Crippen molar-refractivity contribution < 1.29 is 9.53 Å². The molecule has 1 heterocycles. The summed E-state index contributed by atoms with van der Waals surface area (Å²) < 4.78 is 6.09. The van der Waals surface area contributed by atoms with Gasteiger partial charge in [0.2, 0.25) is 0 Å². The predicted molar refractivity (Wildman–Crippen MR) is 99.3 cm³/mol. The molecule has 3 aromatic rings. The fraction of sp³-hybridized carbons (Fsp3) is 0.0455. The summed E-state index contributed by atoms with van der Waals surface area (Å²) in [6.07, 6.45) is 0. The van der Waals surface area contributed by atoms with Crippen LogP contribution < -0.4 is 4.74 Å². The van der Waals surface area contributed by atoms with Gasteiger partial charge in [-0.3, -0.25) is 4.79 Å². The molecule has 0 N–H and O–H groups in total. The van der Waals surface area contributed by atoms with Crippen LogP contribution in [0.1, 0.15) is 16.7 Å². The summed E-state index contributed by atoms with van der Waals surface area (Å²) in [5.74, 6) is 1.04. The fourth-order valence-corrected chi connectivity index (χ4v) is 3.61. The summed E-state index contributed by atoms with van der Waals surface area (Å²) in [4.78, 5) is 16.1. The van der Waals surface area contributed by atoms with Crippen molar-refractivity contribution in [3.63, 3.8) is 0 Å². The van der Waals surface area contributed by atoms with E-state index in [4.69, 9.17) is 4.74 Å². The number of benzene rings is 3. The lowest BCUT2D eigenvalue weighted by Crippen LogP contribution is -1.94. The number of aryl methyl sites for hydroxylation is 1. The summed E-state index contributed by atoms with van der Waals surface area (Å²) in [6, 6.07) is 19.5. The summed E-state index contributed by atoms with van der Waals surface area (Å²) >= 11 is 0. The largest absolute Gasteiger partial charge is 0.457 e. The van der Waals surface area contributed by atoms with Crippen LogP contribution in [0.4, 0.5) is 0 Å². The molecule has 5 rings (SSSR count). The molecule has 26 heavy (non-hydrogen) atoms. The Hall–Kier alpha value is -3.71. The van der Waals surface area contributed by atoms with Gasteiger partial charge in [-0.25, -0.2) is 4.99 Å². The Morgan fingerprint density at radius 3 is 2.58 bits per heavy atom. The molecule has 4 heteroatoms. The molecule has 0 spiro atoms. The Kier molecular flexibility index (Phi) is 2.89. The monoisotopic (exact) mass is 336 g/mol. The van der Waals surface area contributed by atoms with E-state index < -0.39 is 5.91 Å². The molecule has 0 radical (unpaired) electrons. The van der Waals surface area contributed by atoms with E-state index in [2.05, 4.69) is 4.99 Å². The molecular formula is C22H12N2O2. The Morgan fingerprint density at radius 2 is 1.81 bits per heavy atom. The van der Waals surface area contributed by atoms with E-state index in [0.717, 1.165) is 33.4 Å². The van der Waals surface area contributed by atoms with Gasteiger partial charge in [0.25, 0.3) is 5.91 Å². The van der Waals surface area contributed by atoms with Crippen molar-refractivity contribution in [2.45, 2.75) is 6.92 Å². The Labute approximate surface area is 149 Å². The number of nitrogens with zero attached hydrogens (tertiary/aromatic N) is 2. The van der Waals surface area contributed by atoms with Crippen molar-refractivity contribution in [1.29, 1.82) is 5.26 Å². The molecule has 3 aromatic carbocycles. The number of hydrogen-bond acceptors (Lipinski definition) is 3. The van der Waals surface area contributed by atoms with Gasteiger partial charge >= 0.3 is 0 Å². The van der Waals surface area contributed by atoms with E-state index >= 15 is 0 Å². The van der Waals surface area contributed by atoms with Gasteiger partial charge in [-0.05, 0) is 36.8 Å². The summed E-state index contributed by atoms with van der Waals surface area (Å²) in [7, 11) is 0. The van der Waals surface area contributed by atoms with Crippen LogP contribution in [0, 0.1) is 18.3 Å². The first-order valence-electron chi connectivity index (χ1n) is 8.26. The van der Waals surface area contributed by atoms with Crippen molar-refractivity contribution in [1.82, 2.24) is 0 Å². The second kappa shape index (κ2) is 5.14. The SMILES string of the molecule is Cc1ccc(Oc2ccc3c4c(cccc24)C2=C(C#N)C(=O)N=C23)cc1. The molecule has 0 bridgehead atoms. The standard InChI is InChI=1S/C22H12N2O2/c1-12-5-7-13(8-6-12)26-18-10-9-16-19-14(18)3-2-4-15(19)20-17(11-23)22(25)24-21(16)20/h2-10H,1H3. The van der Waals surface area contributed by atoms with E-state index in [1.54, 1.807) is 0 Å². The molecule has 1 aliphatic carbocycles. The van der Waals surface area contributed by atoms with Gasteiger partial charge < -0.3 is 4.74 Å². The molecule has 0 atom stereocenters. The van der Waals surface area contributed by atoms with Gasteiger partial charge in [-0.2, -0.15) is 5.26 Å². The third-order valence-corrected chi connectivity index (χ3v) is 4.80. The van der Waals surface area contributed by atoms with Crippen LogP contribution in [0.3, 0.4) is 0 Å². The van der Waals surface area contributed by atoms with Crippen molar-refractivity contribution >= 4 is 28.0 Å². The molecule has 0 saturated carbocycles. The first-order chi connectivity index (χ1) is 12.7. The van der Waals surface area contributed by atoms with Crippen LogP contribution in [0.25, 0.3) is 16.3 Å². The molecule has 2 aliphatic rings. The highest BCUT2D eigenvalue weighted by molar-refractivity contribution is 6.50. The number of carbonyl (C=O) groups excluding carboxylic acids is 1. The molecule has 1 aliphatic heterocycles. The number of carbonyl (C=O) groups is 1. The van der Waals surface area contributed by atoms with Gasteiger partial charge in [0.1, 0.15) is 23.1 Å². The molecule has 0 saturated heterocycles. The maximum atomic E-state index is 12.0. The maximum absolute atomic E-state index is 12.0. The number of aliphatic imine (C=N–C) groups is 1. The average Bonchev–Trinajstić information content (AvgIpc) is 3.14. The topological polar surface area (TPSA) is 62.4 Å². The lowest BCUT2D eigenvalue weighted by atomic mass is 10.0. The predicted octanol–water partition coefficient (Wildman–Crippen LogP) is 4.56. The number of amides is 1. The normalized spacial score (nSPS) is 14.5. The van der Waals surface area contributed by atoms with Gasteiger partial charge in [0, 0.05) is 21.9 Å². The number of ether oxygens (including phenoxy) is 1. The lowest BCUT2D eigenvalue weighted by Gasteiger charge is -2.10. The van der Waals surface area contributed by atoms with Crippen LogP contribution in [0.2, 0.25) is 0 Å². The van der Waals surface area contributed by atoms with Crippen molar-refractivity contribution in [3.8, 4) is 17.6 Å². The molecule has 0 fully saturated rings. The Balaban J connectivity index is 1.73. The van der Waals surface area contributed by atoms with Crippen LogP contribution in [0.5, 0.6) is 11.5 Å². The number of allylic oxidation sites excluding steroid dienone is 1. The maximum Gasteiger partial charge on any atom is 0.288 e. The molecular weight excluding hydrogens is 324 g/mol. The van der Waals surface area contributed by atoms with Gasteiger partial charge in [-0.1, -0.05) is 35.9 Å². The van der Waals surface area contributed by atoms with Gasteiger partial charge in [0.15, 0.2) is 0 Å². The van der Waals surface area contributed by atoms with Crippen LogP contribution in [-0.4, -0.2) is 11.6 Å². The van der Waals surface area contributed by atoms with E-state index in [0.29, 0.717) is 11.3 Å². The number of fused-ring (bicyclic) bond motifs is 3. The summed E-state index contributed by atoms with van der Waals surface area (Å²) in [5.41, 5.74) is 4.27. The minimum atomic E-state index is -0.458. The molecule has 1 amide bonds. The number of hydrogen-bond donors (Lipinski definition) is 0. The summed E-state index contributed by atoms with van der Waals surface area (Å²) in [6.45, 7) is 2.03. The lowest BCUT2D eigenvalue weighted by molar-refractivity contribution is -0.113. The fourth-order valence-electron chi connectivity index (χ4n) is 3.61. The highest BCUT2D eigenvalue weighted by Gasteiger charge is 2.36. The zero-order chi connectivity index (χ0) is 17.8. The second-order valence-electron chi connectivity index (χ2n) is 6.38. The van der Waals surface area contributed by atoms with Gasteiger partial charge in [-0.15, -0.1) is 0 Å². The molecule has 0 unspecified atom stereocenters. The first kappa shape index (κ1) is 14.6. The van der Waals surface area contributed by atoms with E-state index in [9.17, 15) is 10.1 Å². The quantitative estimate of drug-likeness (QED) is 0.689. The van der Waals surface area contributed by atoms with Gasteiger partial charge in [0.05, 0.1) is 5.71 Å². The highest BCUT2D eigenvalue weighted by atomic mass is 16.5. The third-order valence-electron chi connectivity index (χ3n) is 4.80. The first-order valence-corrected chi connectivity index (χ1v) is 8.26. The number of rotatable bonds is 2. The van der Waals surface area contributed by atoms with Crippen molar-refractivity contribution in [2.24, 2.45) is 4.99 Å². The molecule has 4 nitrogen and oxygen atoms in total. The van der Waals surface area contributed by atoms with Crippen LogP contribution in [-0.2, 0) is 4.79 Å². The van der Waals surface area contributed by atoms with Crippen LogP contribution >= 0.6 is 0 Å². The van der Waals surface area contributed by atoms with Crippen LogP contribution in [0.15, 0.2) is 65.2 Å². The Morgan fingerprint density at radius 1 is 1.00 bits per heavy atom. The van der Waals surface area contributed by atoms with E-state index in [1.807, 2.05) is 67.6 Å². The molecule has 122 valence electrons. The smallest absolute Gasteiger partial charge is 0.288 e. The molecule has 0 aromatic heterocycles. The average molecular weight is 336 g/mol. The number of nitriles is 1. The van der Waals surface area contributed by atoms with Crippen molar-refractivity contribution in [2.75, 3.05) is 0 Å².